The van der Waals surface area contributed by atoms with E-state index in [2.05, 4.69) is 34.7 Å². The number of likely N-dealkylation sites (tertiary alicyclic amines) is 1. The average molecular weight is 244 g/mol. The minimum absolute atomic E-state index is 0.556. The minimum atomic E-state index is 0.556. The second kappa shape index (κ2) is 4.71. The third kappa shape index (κ3) is 2.02. The fraction of sp³-hybridized carbons (Fsp3) is 0.500. The number of hydrogen-bond donors (Lipinski definition) is 1. The molecule has 1 saturated heterocycles. The first-order valence-corrected chi connectivity index (χ1v) is 6.63. The number of hydrogen-bond acceptors (Lipinski definition) is 3. The molecule has 0 aliphatic carbocycles. The van der Waals surface area contributed by atoms with Crippen molar-refractivity contribution in [2.45, 2.75) is 25.3 Å². The van der Waals surface area contributed by atoms with E-state index in [1.165, 1.54) is 31.6 Å². The fourth-order valence-electron chi connectivity index (χ4n) is 2.75. The van der Waals surface area contributed by atoms with Crippen molar-refractivity contribution < 1.29 is 0 Å². The number of nitrogens with two attached hydrogens (primary N) is 1. The van der Waals surface area contributed by atoms with Crippen LogP contribution in [-0.2, 0) is 6.54 Å². The van der Waals surface area contributed by atoms with E-state index < -0.39 is 0 Å². The predicted molar refractivity (Wildman–Crippen MR) is 72.6 cm³/mol. The molecule has 1 fully saturated rings. The predicted octanol–water partition coefficient (Wildman–Crippen LogP) is 1.60. The first kappa shape index (κ1) is 11.7. The molecule has 96 valence electrons. The van der Waals surface area contributed by atoms with E-state index >= 15 is 0 Å². The van der Waals surface area contributed by atoms with Crippen molar-refractivity contribution in [3.63, 3.8) is 0 Å². The van der Waals surface area contributed by atoms with Crippen molar-refractivity contribution in [3.8, 4) is 0 Å². The highest BCUT2D eigenvalue weighted by atomic mass is 15.1. The number of rotatable bonds is 2. The number of pyridine rings is 1. The molecule has 1 aliphatic rings. The molecule has 0 radical (unpaired) electrons. The fourth-order valence-corrected chi connectivity index (χ4v) is 2.75. The summed E-state index contributed by atoms with van der Waals surface area (Å²) >= 11 is 0. The number of piperidine rings is 1. The Labute approximate surface area is 107 Å². The number of fused-ring (bicyclic) bond motifs is 1. The zero-order valence-electron chi connectivity index (χ0n) is 10.8. The van der Waals surface area contributed by atoms with Gasteiger partial charge in [-0.05, 0) is 45.1 Å². The van der Waals surface area contributed by atoms with Crippen LogP contribution in [0.1, 0.15) is 30.1 Å². The smallest absolute Gasteiger partial charge is 0.137 e. The van der Waals surface area contributed by atoms with Gasteiger partial charge in [0, 0.05) is 24.4 Å². The Bertz CT molecular complexity index is 538. The molecule has 0 bridgehead atoms. The van der Waals surface area contributed by atoms with Gasteiger partial charge in [-0.3, -0.25) is 0 Å². The summed E-state index contributed by atoms with van der Waals surface area (Å²) in [6, 6.07) is 6.15. The molecule has 0 spiro atoms. The Morgan fingerprint density at radius 1 is 1.33 bits per heavy atom. The van der Waals surface area contributed by atoms with Crippen LogP contribution in [-0.4, -0.2) is 34.4 Å². The van der Waals surface area contributed by atoms with E-state index in [1.54, 1.807) is 0 Å². The van der Waals surface area contributed by atoms with Gasteiger partial charge in [0.25, 0.3) is 0 Å². The van der Waals surface area contributed by atoms with Crippen LogP contribution in [0, 0.1) is 0 Å². The van der Waals surface area contributed by atoms with Gasteiger partial charge in [0.05, 0.1) is 5.69 Å². The van der Waals surface area contributed by atoms with Crippen LogP contribution >= 0.6 is 0 Å². The van der Waals surface area contributed by atoms with Gasteiger partial charge in [0.1, 0.15) is 5.65 Å². The number of aromatic nitrogens is 2. The maximum Gasteiger partial charge on any atom is 0.137 e. The lowest BCUT2D eigenvalue weighted by Gasteiger charge is -2.27. The summed E-state index contributed by atoms with van der Waals surface area (Å²) in [5, 5.41) is 0. The first-order valence-electron chi connectivity index (χ1n) is 6.63. The quantitative estimate of drug-likeness (QED) is 0.873. The molecule has 4 nitrogen and oxygen atoms in total. The third-order valence-corrected chi connectivity index (χ3v) is 3.94. The molecule has 0 unspecified atom stereocenters. The summed E-state index contributed by atoms with van der Waals surface area (Å²) < 4.78 is 2.13. The van der Waals surface area contributed by atoms with Crippen LogP contribution in [0.3, 0.4) is 0 Å². The number of imidazole rings is 1. The van der Waals surface area contributed by atoms with E-state index in [9.17, 15) is 0 Å². The van der Waals surface area contributed by atoms with Gasteiger partial charge >= 0.3 is 0 Å². The summed E-state index contributed by atoms with van der Waals surface area (Å²) in [6.45, 7) is 2.89. The van der Waals surface area contributed by atoms with E-state index in [4.69, 9.17) is 10.7 Å². The minimum Gasteiger partial charge on any atom is -0.325 e. The van der Waals surface area contributed by atoms with Crippen LogP contribution in [0.25, 0.3) is 5.65 Å². The van der Waals surface area contributed by atoms with Gasteiger partial charge in [-0.2, -0.15) is 0 Å². The highest BCUT2D eigenvalue weighted by Gasteiger charge is 2.20. The Morgan fingerprint density at radius 3 is 2.83 bits per heavy atom. The molecule has 2 N–H and O–H groups in total. The van der Waals surface area contributed by atoms with Crippen molar-refractivity contribution in [2.24, 2.45) is 5.73 Å². The highest BCUT2D eigenvalue weighted by Crippen LogP contribution is 2.27. The number of nitrogens with zero attached hydrogens (tertiary/aromatic N) is 3. The standard InChI is InChI=1S/C14H20N4/c1-17-7-5-11(6-8-17)13-10-18-12(9-15)3-2-4-14(18)16-13/h2-4,10-11H,5-9,15H2,1H3. The van der Waals surface area contributed by atoms with Crippen LogP contribution < -0.4 is 5.73 Å². The van der Waals surface area contributed by atoms with E-state index in [-0.39, 0.29) is 0 Å². The molecule has 3 rings (SSSR count). The molecule has 0 atom stereocenters. The highest BCUT2D eigenvalue weighted by molar-refractivity contribution is 5.42. The molecule has 3 heterocycles. The summed E-state index contributed by atoms with van der Waals surface area (Å²) in [6.07, 6.45) is 4.59. The lowest BCUT2D eigenvalue weighted by molar-refractivity contribution is 0.253. The van der Waals surface area contributed by atoms with Gasteiger partial charge in [-0.25, -0.2) is 4.98 Å². The molecule has 0 aromatic carbocycles. The van der Waals surface area contributed by atoms with Gasteiger partial charge in [-0.15, -0.1) is 0 Å². The average Bonchev–Trinajstić information content (AvgIpc) is 2.83. The van der Waals surface area contributed by atoms with Crippen molar-refractivity contribution in [2.75, 3.05) is 20.1 Å². The molecular weight excluding hydrogens is 224 g/mol. The van der Waals surface area contributed by atoms with Crippen molar-refractivity contribution in [1.82, 2.24) is 14.3 Å². The largest absolute Gasteiger partial charge is 0.325 e. The van der Waals surface area contributed by atoms with Crippen molar-refractivity contribution >= 4 is 5.65 Å². The van der Waals surface area contributed by atoms with Crippen LogP contribution in [0.15, 0.2) is 24.4 Å². The first-order chi connectivity index (χ1) is 8.78. The third-order valence-electron chi connectivity index (χ3n) is 3.94. The normalized spacial score (nSPS) is 18.6. The Hall–Kier alpha value is -1.39. The summed E-state index contributed by atoms with van der Waals surface area (Å²) in [5.41, 5.74) is 9.14. The molecule has 0 amide bonds. The lowest BCUT2D eigenvalue weighted by Crippen LogP contribution is -2.29. The van der Waals surface area contributed by atoms with Gasteiger partial charge in [0.2, 0.25) is 0 Å². The topological polar surface area (TPSA) is 46.6 Å². The van der Waals surface area contributed by atoms with Gasteiger partial charge in [-0.1, -0.05) is 6.07 Å². The van der Waals surface area contributed by atoms with Gasteiger partial charge < -0.3 is 15.0 Å². The molecular formula is C14H20N4. The maximum absolute atomic E-state index is 5.77. The SMILES string of the molecule is CN1CCC(c2cn3c(CN)cccc3n2)CC1. The monoisotopic (exact) mass is 244 g/mol. The molecule has 2 aromatic heterocycles. The van der Waals surface area contributed by atoms with Crippen molar-refractivity contribution in [1.29, 1.82) is 0 Å². The second-order valence-corrected chi connectivity index (χ2v) is 5.19. The van der Waals surface area contributed by atoms with E-state index in [0.29, 0.717) is 12.5 Å². The Balaban J connectivity index is 1.93. The molecule has 18 heavy (non-hydrogen) atoms. The molecule has 1 aliphatic heterocycles. The Kier molecular flexibility index (Phi) is 3.06. The van der Waals surface area contributed by atoms with E-state index in [0.717, 1.165) is 11.3 Å². The van der Waals surface area contributed by atoms with Crippen molar-refractivity contribution in [3.05, 3.63) is 35.8 Å². The summed E-state index contributed by atoms with van der Waals surface area (Å²) in [5.74, 6) is 0.603. The van der Waals surface area contributed by atoms with Gasteiger partial charge in [0.15, 0.2) is 0 Å². The van der Waals surface area contributed by atoms with Crippen LogP contribution in [0.4, 0.5) is 0 Å². The Morgan fingerprint density at radius 2 is 2.11 bits per heavy atom. The summed E-state index contributed by atoms with van der Waals surface area (Å²) in [4.78, 5) is 7.15. The maximum atomic E-state index is 5.77. The zero-order valence-corrected chi connectivity index (χ0v) is 10.8. The van der Waals surface area contributed by atoms with Crippen LogP contribution in [0.5, 0.6) is 0 Å². The molecule has 2 aromatic rings. The van der Waals surface area contributed by atoms with E-state index in [1.807, 2.05) is 6.07 Å². The molecule has 4 heteroatoms. The second-order valence-electron chi connectivity index (χ2n) is 5.19. The zero-order chi connectivity index (χ0) is 12.5. The lowest BCUT2D eigenvalue weighted by atomic mass is 9.94. The van der Waals surface area contributed by atoms with Crippen LogP contribution in [0.2, 0.25) is 0 Å². The molecule has 0 saturated carbocycles. The summed E-state index contributed by atoms with van der Waals surface area (Å²) in [7, 11) is 2.19.